The molecule has 0 bridgehead atoms. The fraction of sp³-hybridized carbons (Fsp3) is 0.167. The summed E-state index contributed by atoms with van der Waals surface area (Å²) in [6.45, 7) is 1.76. The lowest BCUT2D eigenvalue weighted by molar-refractivity contribution is -0.124. The van der Waals surface area contributed by atoms with Crippen LogP contribution in [0.1, 0.15) is 6.92 Å². The summed E-state index contributed by atoms with van der Waals surface area (Å²) in [5, 5.41) is 8.04. The van der Waals surface area contributed by atoms with E-state index in [1.807, 2.05) is 60.7 Å². The van der Waals surface area contributed by atoms with Crippen LogP contribution in [0.4, 0.5) is 11.4 Å². The number of hydrogen-bond acceptors (Lipinski definition) is 6. The zero-order valence-electron chi connectivity index (χ0n) is 13.7. The number of nitrogens with zero attached hydrogens (tertiary/aromatic N) is 2. The number of hydrazine groups is 1. The number of carbonyl (C=O) groups is 1. The predicted molar refractivity (Wildman–Crippen MR) is 98.2 cm³/mol. The van der Waals surface area contributed by atoms with Crippen LogP contribution in [0.5, 0.6) is 0 Å². The number of para-hydroxylation sites is 2. The first-order valence-electron chi connectivity index (χ1n) is 7.89. The van der Waals surface area contributed by atoms with Gasteiger partial charge in [0.2, 0.25) is 0 Å². The summed E-state index contributed by atoms with van der Waals surface area (Å²) in [4.78, 5) is 17.8. The molecule has 1 amide bonds. The van der Waals surface area contributed by atoms with Crippen LogP contribution in [0.15, 0.2) is 70.9 Å². The first kappa shape index (κ1) is 16.5. The van der Waals surface area contributed by atoms with Crippen LogP contribution in [0.2, 0.25) is 0 Å². The van der Waals surface area contributed by atoms with E-state index in [0.29, 0.717) is 5.71 Å². The Morgan fingerprint density at radius 2 is 1.72 bits per heavy atom. The smallest absolute Gasteiger partial charge is 0.251 e. The SMILES string of the molecule is CC1=NO[C@@H](/C=N/Nc2ccccc2)[C@H]1C(=O)NNc1ccccc1. The molecule has 2 aromatic carbocycles. The molecule has 3 N–H and O–H groups in total. The molecule has 7 heteroatoms. The Morgan fingerprint density at radius 3 is 2.40 bits per heavy atom. The summed E-state index contributed by atoms with van der Waals surface area (Å²) in [6.07, 6.45) is 0.980. The molecule has 0 saturated carbocycles. The van der Waals surface area contributed by atoms with E-state index in [1.54, 1.807) is 13.1 Å². The third-order valence-electron chi connectivity index (χ3n) is 3.67. The van der Waals surface area contributed by atoms with Crippen LogP contribution < -0.4 is 16.3 Å². The van der Waals surface area contributed by atoms with Crippen LogP contribution in [0, 0.1) is 5.92 Å². The zero-order valence-corrected chi connectivity index (χ0v) is 13.7. The standard InChI is InChI=1S/C18H19N5O2/c1-13-17(18(24)22-21-15-10-6-3-7-11-15)16(25-23-13)12-19-20-14-8-4-2-5-9-14/h2-12,16-17,20-21H,1H3,(H,22,24)/b19-12+/t16-,17-/m0/s1. The van der Waals surface area contributed by atoms with Gasteiger partial charge in [-0.25, -0.2) is 0 Å². The topological polar surface area (TPSA) is 87.1 Å². The molecule has 0 unspecified atom stereocenters. The summed E-state index contributed by atoms with van der Waals surface area (Å²) in [5.74, 6) is -0.781. The third-order valence-corrected chi connectivity index (χ3v) is 3.67. The molecule has 2 aromatic rings. The highest BCUT2D eigenvalue weighted by atomic mass is 16.6. The van der Waals surface area contributed by atoms with Crippen molar-refractivity contribution in [2.45, 2.75) is 13.0 Å². The van der Waals surface area contributed by atoms with Gasteiger partial charge in [-0.3, -0.25) is 21.1 Å². The Labute approximate surface area is 145 Å². The van der Waals surface area contributed by atoms with Gasteiger partial charge in [-0.05, 0) is 31.2 Å². The van der Waals surface area contributed by atoms with Crippen molar-refractivity contribution in [3.8, 4) is 0 Å². The lowest BCUT2D eigenvalue weighted by Gasteiger charge is -2.15. The van der Waals surface area contributed by atoms with E-state index in [4.69, 9.17) is 4.84 Å². The average Bonchev–Trinajstić information content (AvgIpc) is 3.02. The molecule has 1 aliphatic heterocycles. The van der Waals surface area contributed by atoms with E-state index in [1.165, 1.54) is 0 Å². The maximum Gasteiger partial charge on any atom is 0.251 e. The minimum atomic E-state index is -0.561. The molecule has 0 aliphatic carbocycles. The Hall–Kier alpha value is -3.35. The van der Waals surface area contributed by atoms with Crippen LogP contribution >= 0.6 is 0 Å². The molecule has 25 heavy (non-hydrogen) atoms. The quantitative estimate of drug-likeness (QED) is 0.558. The maximum atomic E-state index is 12.5. The molecule has 3 rings (SSSR count). The summed E-state index contributed by atoms with van der Waals surface area (Å²) in [7, 11) is 0. The Morgan fingerprint density at radius 1 is 1.08 bits per heavy atom. The largest absolute Gasteiger partial charge is 0.385 e. The van der Waals surface area contributed by atoms with Crippen molar-refractivity contribution >= 4 is 29.2 Å². The first-order valence-corrected chi connectivity index (χ1v) is 7.89. The Kier molecular flexibility index (Phi) is 5.26. The van der Waals surface area contributed by atoms with Gasteiger partial charge >= 0.3 is 0 Å². The maximum absolute atomic E-state index is 12.5. The van der Waals surface area contributed by atoms with Crippen LogP contribution in [0.3, 0.4) is 0 Å². The predicted octanol–water partition coefficient (Wildman–Crippen LogP) is 2.62. The highest BCUT2D eigenvalue weighted by molar-refractivity contribution is 6.07. The van der Waals surface area contributed by atoms with Crippen molar-refractivity contribution in [2.75, 3.05) is 10.9 Å². The number of benzene rings is 2. The minimum absolute atomic E-state index is 0.237. The number of carbonyl (C=O) groups excluding carboxylic acids is 1. The molecule has 0 saturated heterocycles. The van der Waals surface area contributed by atoms with Gasteiger partial charge < -0.3 is 4.84 Å². The van der Waals surface area contributed by atoms with Crippen molar-refractivity contribution in [1.29, 1.82) is 0 Å². The molecule has 2 atom stereocenters. The van der Waals surface area contributed by atoms with Gasteiger partial charge in [0.05, 0.1) is 23.3 Å². The molecule has 7 nitrogen and oxygen atoms in total. The number of oxime groups is 1. The number of anilines is 2. The zero-order chi connectivity index (χ0) is 17.5. The summed E-state index contributed by atoms with van der Waals surface area (Å²) >= 11 is 0. The third kappa shape index (κ3) is 4.35. The van der Waals surface area contributed by atoms with E-state index in [9.17, 15) is 4.79 Å². The number of rotatable bonds is 6. The lowest BCUT2D eigenvalue weighted by Crippen LogP contribution is -2.42. The van der Waals surface area contributed by atoms with E-state index < -0.39 is 12.0 Å². The molecule has 0 spiro atoms. The van der Waals surface area contributed by atoms with Gasteiger partial charge in [0, 0.05) is 0 Å². The molecular weight excluding hydrogens is 318 g/mol. The second kappa shape index (κ2) is 7.96. The number of hydrogen-bond donors (Lipinski definition) is 3. The monoisotopic (exact) mass is 337 g/mol. The second-order valence-corrected chi connectivity index (χ2v) is 5.52. The van der Waals surface area contributed by atoms with E-state index in [2.05, 4.69) is 26.5 Å². The summed E-state index contributed by atoms with van der Waals surface area (Å²) in [5.41, 5.74) is 10.7. The van der Waals surface area contributed by atoms with E-state index >= 15 is 0 Å². The van der Waals surface area contributed by atoms with Gasteiger partial charge in [0.25, 0.3) is 5.91 Å². The summed E-state index contributed by atoms with van der Waals surface area (Å²) < 4.78 is 0. The van der Waals surface area contributed by atoms with Crippen molar-refractivity contribution < 1.29 is 9.63 Å². The number of amides is 1. The lowest BCUT2D eigenvalue weighted by atomic mass is 9.98. The Bertz CT molecular complexity index is 762. The van der Waals surface area contributed by atoms with Gasteiger partial charge in [0.15, 0.2) is 6.10 Å². The molecular formula is C18H19N5O2. The van der Waals surface area contributed by atoms with Crippen molar-refractivity contribution in [3.05, 3.63) is 60.7 Å². The molecule has 0 aromatic heterocycles. The second-order valence-electron chi connectivity index (χ2n) is 5.52. The van der Waals surface area contributed by atoms with Crippen molar-refractivity contribution in [3.63, 3.8) is 0 Å². The number of nitrogens with one attached hydrogen (secondary N) is 3. The molecule has 1 aliphatic rings. The van der Waals surface area contributed by atoms with Crippen LogP contribution in [0.25, 0.3) is 0 Å². The summed E-state index contributed by atoms with van der Waals surface area (Å²) in [6, 6.07) is 18.9. The van der Waals surface area contributed by atoms with Gasteiger partial charge in [0.1, 0.15) is 5.92 Å². The molecule has 0 radical (unpaired) electrons. The fourth-order valence-electron chi connectivity index (χ4n) is 2.38. The minimum Gasteiger partial charge on any atom is -0.385 e. The Balaban J connectivity index is 1.58. The fourth-order valence-corrected chi connectivity index (χ4v) is 2.38. The van der Waals surface area contributed by atoms with Gasteiger partial charge in [-0.15, -0.1) is 0 Å². The molecule has 1 heterocycles. The van der Waals surface area contributed by atoms with Crippen molar-refractivity contribution in [1.82, 2.24) is 5.43 Å². The molecule has 128 valence electrons. The molecule has 0 fully saturated rings. The van der Waals surface area contributed by atoms with Gasteiger partial charge in [-0.1, -0.05) is 41.6 Å². The van der Waals surface area contributed by atoms with Crippen molar-refractivity contribution in [2.24, 2.45) is 16.2 Å². The normalized spacial score (nSPS) is 19.2. The highest BCUT2D eigenvalue weighted by Crippen LogP contribution is 2.18. The van der Waals surface area contributed by atoms with Crippen LogP contribution in [-0.4, -0.2) is 23.9 Å². The first-order chi connectivity index (χ1) is 12.2. The van der Waals surface area contributed by atoms with Crippen LogP contribution in [-0.2, 0) is 9.63 Å². The highest BCUT2D eigenvalue weighted by Gasteiger charge is 2.36. The average molecular weight is 337 g/mol. The van der Waals surface area contributed by atoms with E-state index in [-0.39, 0.29) is 5.91 Å². The van der Waals surface area contributed by atoms with Gasteiger partial charge in [-0.2, -0.15) is 5.10 Å². The van der Waals surface area contributed by atoms with E-state index in [0.717, 1.165) is 11.4 Å². The number of hydrazone groups is 1.